The summed E-state index contributed by atoms with van der Waals surface area (Å²) in [5.41, 5.74) is 0. The third-order valence-corrected chi connectivity index (χ3v) is 1.02. The van der Waals surface area contributed by atoms with E-state index in [2.05, 4.69) is 16.4 Å². The molecule has 0 fully saturated rings. The van der Waals surface area contributed by atoms with Gasteiger partial charge in [0.15, 0.2) is 0 Å². The van der Waals surface area contributed by atoms with Gasteiger partial charge in [0.2, 0.25) is 0 Å². The van der Waals surface area contributed by atoms with E-state index in [1.165, 1.54) is 0 Å². The van der Waals surface area contributed by atoms with Crippen molar-refractivity contribution in [3.8, 4) is 0 Å². The molecular formula is C9H18O6. The summed E-state index contributed by atoms with van der Waals surface area (Å²) < 4.78 is 0. The Morgan fingerprint density at radius 3 is 2.27 bits per heavy atom. The molecule has 0 aliphatic rings. The number of aliphatic hydroxyl groups excluding tert-OH is 3. The van der Waals surface area contributed by atoms with Gasteiger partial charge in [0.1, 0.15) is 6.10 Å². The van der Waals surface area contributed by atoms with E-state index >= 15 is 0 Å². The standard InChI is InChI=1S/C6H10O3.C3H8O3/c1-3-5-8-9-6(7)4-2;4-1-3(6)2-5/h4H,2-3,5H2,1H3;3-6H,1-2H2. The number of rotatable bonds is 6. The maximum Gasteiger partial charge on any atom is 0.365 e. The van der Waals surface area contributed by atoms with Gasteiger partial charge in [0.05, 0.1) is 19.8 Å². The molecule has 3 N–H and O–H groups in total. The Bertz CT molecular complexity index is 155. The molecule has 0 aromatic carbocycles. The molecule has 6 heteroatoms. The average molecular weight is 222 g/mol. The first kappa shape index (κ1) is 16.5. The molecule has 90 valence electrons. The smallest absolute Gasteiger partial charge is 0.365 e. The molecule has 0 radical (unpaired) electrons. The van der Waals surface area contributed by atoms with Crippen LogP contribution in [0.1, 0.15) is 13.3 Å². The second-order valence-corrected chi connectivity index (χ2v) is 2.45. The zero-order chi connectivity index (χ0) is 12.1. The summed E-state index contributed by atoms with van der Waals surface area (Å²) in [6.45, 7) is 4.80. The molecule has 0 bridgehead atoms. The molecule has 0 unspecified atom stereocenters. The SMILES string of the molecule is C=CC(=O)OOCCC.OCC(O)CO. The molecule has 0 amide bonds. The van der Waals surface area contributed by atoms with Gasteiger partial charge in [-0.05, 0) is 6.42 Å². The summed E-state index contributed by atoms with van der Waals surface area (Å²) in [7, 11) is 0. The highest BCUT2D eigenvalue weighted by atomic mass is 17.2. The van der Waals surface area contributed by atoms with Crippen molar-refractivity contribution in [3.05, 3.63) is 12.7 Å². The zero-order valence-corrected chi connectivity index (χ0v) is 8.76. The van der Waals surface area contributed by atoms with Crippen LogP contribution in [0.25, 0.3) is 0 Å². The summed E-state index contributed by atoms with van der Waals surface area (Å²) in [6.07, 6.45) is 0.921. The van der Waals surface area contributed by atoms with E-state index in [4.69, 9.17) is 15.3 Å². The van der Waals surface area contributed by atoms with Crippen LogP contribution in [0.3, 0.4) is 0 Å². The van der Waals surface area contributed by atoms with E-state index in [1.807, 2.05) is 6.92 Å². The van der Waals surface area contributed by atoms with E-state index < -0.39 is 12.1 Å². The Kier molecular flexibility index (Phi) is 14.3. The highest BCUT2D eigenvalue weighted by Gasteiger charge is 1.94. The van der Waals surface area contributed by atoms with Crippen LogP contribution in [0.5, 0.6) is 0 Å². The van der Waals surface area contributed by atoms with Gasteiger partial charge >= 0.3 is 5.97 Å². The Morgan fingerprint density at radius 1 is 1.47 bits per heavy atom. The first-order valence-corrected chi connectivity index (χ1v) is 4.47. The van der Waals surface area contributed by atoms with Crippen molar-refractivity contribution in [2.75, 3.05) is 19.8 Å². The van der Waals surface area contributed by atoms with Crippen LogP contribution in [-0.4, -0.2) is 47.2 Å². The Balaban J connectivity index is 0. The number of aliphatic hydroxyl groups is 3. The lowest BCUT2D eigenvalue weighted by molar-refractivity contribution is -0.267. The van der Waals surface area contributed by atoms with Crippen molar-refractivity contribution in [2.45, 2.75) is 19.4 Å². The van der Waals surface area contributed by atoms with Crippen LogP contribution in [0.2, 0.25) is 0 Å². The summed E-state index contributed by atoms with van der Waals surface area (Å²) in [5, 5.41) is 24.0. The second-order valence-electron chi connectivity index (χ2n) is 2.45. The predicted octanol–water partition coefficient (Wildman–Crippen LogP) is -0.611. The lowest BCUT2D eigenvalue weighted by Crippen LogP contribution is -2.15. The van der Waals surface area contributed by atoms with E-state index in [0.717, 1.165) is 12.5 Å². The van der Waals surface area contributed by atoms with E-state index in [1.54, 1.807) is 0 Å². The fraction of sp³-hybridized carbons (Fsp3) is 0.667. The van der Waals surface area contributed by atoms with Gasteiger partial charge < -0.3 is 15.3 Å². The van der Waals surface area contributed by atoms with Gasteiger partial charge in [-0.3, -0.25) is 4.89 Å². The van der Waals surface area contributed by atoms with Crippen molar-refractivity contribution < 1.29 is 29.9 Å². The Hall–Kier alpha value is -0.950. The second kappa shape index (κ2) is 13.1. The van der Waals surface area contributed by atoms with Gasteiger partial charge in [0, 0.05) is 6.08 Å². The molecule has 0 saturated heterocycles. The van der Waals surface area contributed by atoms with Crippen LogP contribution in [0.4, 0.5) is 0 Å². The summed E-state index contributed by atoms with van der Waals surface area (Å²) in [4.78, 5) is 18.8. The maximum atomic E-state index is 10.2. The number of carbonyl (C=O) groups excluding carboxylic acids is 1. The van der Waals surface area contributed by atoms with E-state index in [0.29, 0.717) is 6.61 Å². The predicted molar refractivity (Wildman–Crippen MR) is 52.7 cm³/mol. The Morgan fingerprint density at radius 2 is 2.00 bits per heavy atom. The topological polar surface area (TPSA) is 96.2 Å². The van der Waals surface area contributed by atoms with Crippen molar-refractivity contribution in [1.82, 2.24) is 0 Å². The van der Waals surface area contributed by atoms with Crippen LogP contribution in [-0.2, 0) is 14.6 Å². The maximum absolute atomic E-state index is 10.2. The van der Waals surface area contributed by atoms with Crippen LogP contribution in [0.15, 0.2) is 12.7 Å². The monoisotopic (exact) mass is 222 g/mol. The zero-order valence-electron chi connectivity index (χ0n) is 8.76. The summed E-state index contributed by atoms with van der Waals surface area (Å²) >= 11 is 0. The van der Waals surface area contributed by atoms with Crippen molar-refractivity contribution in [3.63, 3.8) is 0 Å². The van der Waals surface area contributed by atoms with Gasteiger partial charge in [0.25, 0.3) is 0 Å². The minimum absolute atomic E-state index is 0.365. The minimum atomic E-state index is -0.954. The molecule has 0 atom stereocenters. The molecule has 6 nitrogen and oxygen atoms in total. The molecule has 0 aromatic rings. The van der Waals surface area contributed by atoms with Gasteiger partial charge in [-0.15, -0.1) is 0 Å². The normalized spacial score (nSPS) is 9.13. The van der Waals surface area contributed by atoms with Crippen molar-refractivity contribution >= 4 is 5.97 Å². The third kappa shape index (κ3) is 15.8. The molecule has 0 heterocycles. The molecule has 0 rings (SSSR count). The van der Waals surface area contributed by atoms with E-state index in [9.17, 15) is 4.79 Å². The first-order valence-electron chi connectivity index (χ1n) is 4.47. The quantitative estimate of drug-likeness (QED) is 0.240. The first-order chi connectivity index (χ1) is 7.12. The number of hydrogen-bond acceptors (Lipinski definition) is 6. The lowest BCUT2D eigenvalue weighted by Gasteiger charge is -1.96. The molecular weight excluding hydrogens is 204 g/mol. The largest absolute Gasteiger partial charge is 0.394 e. The molecule has 0 aromatic heterocycles. The van der Waals surface area contributed by atoms with Gasteiger partial charge in [-0.2, -0.15) is 4.89 Å². The van der Waals surface area contributed by atoms with E-state index in [-0.39, 0.29) is 13.2 Å². The molecule has 0 aliphatic heterocycles. The van der Waals surface area contributed by atoms with Gasteiger partial charge in [-0.1, -0.05) is 13.5 Å². The van der Waals surface area contributed by atoms with Gasteiger partial charge in [-0.25, -0.2) is 4.79 Å². The average Bonchev–Trinajstić information content (AvgIpc) is 2.28. The summed E-state index contributed by atoms with van der Waals surface area (Å²) in [5.74, 6) is -0.552. The van der Waals surface area contributed by atoms with Crippen LogP contribution in [0, 0.1) is 0 Å². The Labute approximate surface area is 88.7 Å². The minimum Gasteiger partial charge on any atom is -0.394 e. The highest BCUT2D eigenvalue weighted by Crippen LogP contribution is 1.83. The fourth-order valence-corrected chi connectivity index (χ4v) is 0.275. The molecule has 0 saturated carbocycles. The van der Waals surface area contributed by atoms with Crippen molar-refractivity contribution in [2.24, 2.45) is 0 Å². The fourth-order valence-electron chi connectivity index (χ4n) is 0.275. The molecule has 0 aliphatic carbocycles. The molecule has 0 spiro atoms. The van der Waals surface area contributed by atoms with Crippen LogP contribution < -0.4 is 0 Å². The van der Waals surface area contributed by atoms with Crippen LogP contribution >= 0.6 is 0 Å². The lowest BCUT2D eigenvalue weighted by atomic mass is 10.4. The summed E-state index contributed by atoms with van der Waals surface area (Å²) in [6, 6.07) is 0. The van der Waals surface area contributed by atoms with Crippen molar-refractivity contribution in [1.29, 1.82) is 0 Å². The number of hydrogen-bond donors (Lipinski definition) is 3. The highest BCUT2D eigenvalue weighted by molar-refractivity contribution is 5.80. The number of carbonyl (C=O) groups is 1. The third-order valence-electron chi connectivity index (χ3n) is 1.02. The molecule has 15 heavy (non-hydrogen) atoms.